The van der Waals surface area contributed by atoms with Crippen molar-refractivity contribution in [3.63, 3.8) is 0 Å². The van der Waals surface area contributed by atoms with Gasteiger partial charge in [-0.25, -0.2) is 22.7 Å². The Balaban J connectivity index is 2.45. The van der Waals surface area contributed by atoms with Crippen LogP contribution in [0.2, 0.25) is 35.7 Å². The van der Waals surface area contributed by atoms with Gasteiger partial charge >= 0.3 is 5.97 Å². The number of anilines is 1. The molecule has 1 aromatic heterocycles. The topological polar surface area (TPSA) is 145 Å². The summed E-state index contributed by atoms with van der Waals surface area (Å²) in [6, 6.07) is 4.00. The van der Waals surface area contributed by atoms with Crippen molar-refractivity contribution in [2.45, 2.75) is 41.6 Å². The number of methoxy groups -OCH3 is 1. The number of aromatic nitrogens is 2. The molecule has 0 aliphatic rings. The zero-order valence-electron chi connectivity index (χ0n) is 19.7. The smallest absolute Gasteiger partial charge is 0.321 e. The molecule has 0 radical (unpaired) electrons. The number of thioether (sulfide) groups is 1. The number of hydrogen-bond donors (Lipinski definition) is 2. The monoisotopic (exact) mass is 582 g/mol. The van der Waals surface area contributed by atoms with Gasteiger partial charge in [0.1, 0.15) is 22.7 Å². The molecule has 3 N–H and O–H groups in total. The number of carboxylic acid groups (broad SMARTS) is 1. The average Bonchev–Trinajstić information content (AvgIpc) is 2.78. The van der Waals surface area contributed by atoms with Crippen LogP contribution in [0.5, 0.6) is 5.88 Å². The van der Waals surface area contributed by atoms with Crippen LogP contribution in [0.15, 0.2) is 34.3 Å². The molecule has 1 aromatic carbocycles. The molecule has 2 aromatic rings. The molecule has 1 atom stereocenters. The number of aliphatic carboxylic acids is 1. The summed E-state index contributed by atoms with van der Waals surface area (Å²) >= 11 is 13.3. The van der Waals surface area contributed by atoms with Gasteiger partial charge in [0, 0.05) is 20.4 Å². The van der Waals surface area contributed by atoms with Crippen LogP contribution in [0, 0.1) is 0 Å². The van der Waals surface area contributed by atoms with Gasteiger partial charge < -0.3 is 20.3 Å². The highest BCUT2D eigenvalue weighted by Crippen LogP contribution is 2.35. The van der Waals surface area contributed by atoms with Crippen LogP contribution in [0.25, 0.3) is 0 Å². The van der Waals surface area contributed by atoms with Crippen molar-refractivity contribution in [1.82, 2.24) is 9.97 Å². The Hall–Kier alpha value is -1.61. The van der Waals surface area contributed by atoms with Crippen LogP contribution in [0.4, 0.5) is 5.82 Å². The highest BCUT2D eigenvalue weighted by Gasteiger charge is 2.32. The molecule has 0 bridgehead atoms. The molecule has 0 fully saturated rings. The molecule has 1 heterocycles. The lowest BCUT2D eigenvalue weighted by Gasteiger charge is -2.25. The quantitative estimate of drug-likeness (QED) is 0.155. The first-order valence-corrected chi connectivity index (χ1v) is 17.2. The minimum absolute atomic E-state index is 0.0342. The summed E-state index contributed by atoms with van der Waals surface area (Å²) in [7, 11) is -4.40. The fraction of sp³-hybridized carbons (Fsp3) is 0.450. The molecule has 194 valence electrons. The lowest BCUT2D eigenvalue weighted by Crippen LogP contribution is -2.35. The SMILES string of the molecule is COc1nc(SC[C@H](N)C(=O)O)cnc1N(COCC[Si](C)(C)C)S(=O)(=O)c1cccc(Cl)c1Cl. The second-order valence-electron chi connectivity index (χ2n) is 8.55. The van der Waals surface area contributed by atoms with E-state index in [1.165, 1.54) is 31.5 Å². The van der Waals surface area contributed by atoms with Crippen molar-refractivity contribution in [1.29, 1.82) is 0 Å². The molecule has 0 aliphatic carbocycles. The number of nitrogens with two attached hydrogens (primary N) is 1. The number of sulfonamides is 1. The van der Waals surface area contributed by atoms with E-state index in [-0.39, 0.29) is 39.1 Å². The number of halogens is 2. The third-order valence-electron chi connectivity index (χ3n) is 4.55. The van der Waals surface area contributed by atoms with E-state index in [1.54, 1.807) is 0 Å². The van der Waals surface area contributed by atoms with Gasteiger partial charge in [0.15, 0.2) is 0 Å². The van der Waals surface area contributed by atoms with Gasteiger partial charge in [-0.3, -0.25) is 4.79 Å². The van der Waals surface area contributed by atoms with Crippen molar-refractivity contribution in [2.24, 2.45) is 5.73 Å². The molecule has 35 heavy (non-hydrogen) atoms. The van der Waals surface area contributed by atoms with Gasteiger partial charge in [0.2, 0.25) is 5.82 Å². The van der Waals surface area contributed by atoms with Crippen molar-refractivity contribution in [3.8, 4) is 5.88 Å². The molecule has 0 saturated carbocycles. The second kappa shape index (κ2) is 12.6. The summed E-state index contributed by atoms with van der Waals surface area (Å²) < 4.78 is 39.2. The number of hydrogen-bond acceptors (Lipinski definition) is 9. The van der Waals surface area contributed by atoms with Crippen LogP contribution in [-0.2, 0) is 19.6 Å². The predicted molar refractivity (Wildman–Crippen MR) is 140 cm³/mol. The molecule has 0 spiro atoms. The van der Waals surface area contributed by atoms with Crippen molar-refractivity contribution >= 4 is 64.8 Å². The molecule has 0 amide bonds. The zero-order valence-corrected chi connectivity index (χ0v) is 23.8. The van der Waals surface area contributed by atoms with Crippen LogP contribution in [0.1, 0.15) is 0 Å². The third-order valence-corrected chi connectivity index (χ3v) is 9.95. The minimum Gasteiger partial charge on any atom is -0.480 e. The first-order chi connectivity index (χ1) is 16.3. The van der Waals surface area contributed by atoms with E-state index in [2.05, 4.69) is 29.6 Å². The van der Waals surface area contributed by atoms with Gasteiger partial charge in [-0.1, -0.05) is 48.9 Å². The van der Waals surface area contributed by atoms with Gasteiger partial charge in [-0.05, 0) is 18.2 Å². The number of ether oxygens (including phenoxy) is 2. The fourth-order valence-electron chi connectivity index (χ4n) is 2.55. The predicted octanol–water partition coefficient (Wildman–Crippen LogP) is 3.80. The Morgan fingerprint density at radius 2 is 2.00 bits per heavy atom. The fourth-order valence-corrected chi connectivity index (χ4v) is 6.11. The van der Waals surface area contributed by atoms with E-state index in [0.29, 0.717) is 11.6 Å². The molecule has 0 aliphatic heterocycles. The molecular weight excluding hydrogens is 555 g/mol. The molecule has 0 saturated heterocycles. The summed E-state index contributed by atoms with van der Waals surface area (Å²) in [5, 5.41) is 9.21. The summed E-state index contributed by atoms with van der Waals surface area (Å²) in [4.78, 5) is 19.3. The zero-order chi connectivity index (χ0) is 26.4. The van der Waals surface area contributed by atoms with E-state index in [4.69, 9.17) is 43.5 Å². The molecular formula is C20H28Cl2N4O6S2Si. The second-order valence-corrected chi connectivity index (χ2v) is 17.8. The van der Waals surface area contributed by atoms with Gasteiger partial charge in [0.25, 0.3) is 15.9 Å². The Bertz CT molecular complexity index is 1150. The van der Waals surface area contributed by atoms with Crippen LogP contribution in [0.3, 0.4) is 0 Å². The van der Waals surface area contributed by atoms with E-state index in [0.717, 1.165) is 22.1 Å². The first-order valence-electron chi connectivity index (χ1n) is 10.3. The number of carbonyl (C=O) groups is 1. The number of benzene rings is 1. The van der Waals surface area contributed by atoms with Crippen LogP contribution < -0.4 is 14.8 Å². The van der Waals surface area contributed by atoms with Gasteiger partial charge in [-0.2, -0.15) is 0 Å². The maximum absolute atomic E-state index is 13.6. The van der Waals surface area contributed by atoms with Crippen molar-refractivity contribution < 1.29 is 27.8 Å². The Labute approximate surface area is 220 Å². The Morgan fingerprint density at radius 1 is 1.31 bits per heavy atom. The molecule has 10 nitrogen and oxygen atoms in total. The normalized spacial score (nSPS) is 12.9. The maximum Gasteiger partial charge on any atom is 0.321 e. The largest absolute Gasteiger partial charge is 0.480 e. The summed E-state index contributed by atoms with van der Waals surface area (Å²) in [6.45, 7) is 6.52. The number of rotatable bonds is 13. The molecule has 0 unspecified atom stereocenters. The average molecular weight is 584 g/mol. The first kappa shape index (κ1) is 29.6. The minimum atomic E-state index is -4.29. The third kappa shape index (κ3) is 8.20. The highest BCUT2D eigenvalue weighted by atomic mass is 35.5. The van der Waals surface area contributed by atoms with Gasteiger partial charge in [0.05, 0.1) is 23.4 Å². The van der Waals surface area contributed by atoms with Crippen LogP contribution >= 0.6 is 35.0 Å². The van der Waals surface area contributed by atoms with E-state index >= 15 is 0 Å². The highest BCUT2D eigenvalue weighted by molar-refractivity contribution is 7.99. The standard InChI is InChI=1S/C20H28Cl2N4O6S2Si/c1-31-19-18(24-10-16(25-19)33-11-14(23)20(27)28)26(12-32-8-9-35(2,3)4)34(29,30)15-7-5-6-13(21)17(15)22/h5-7,10,14H,8-9,11-12,23H2,1-4H3,(H,27,28)/t14-/m0/s1. The van der Waals surface area contributed by atoms with Crippen molar-refractivity contribution in [2.75, 3.05) is 30.5 Å². The number of nitrogens with zero attached hydrogens (tertiary/aromatic N) is 3. The lowest BCUT2D eigenvalue weighted by atomic mass is 10.4. The molecule has 2 rings (SSSR count). The van der Waals surface area contributed by atoms with E-state index in [9.17, 15) is 13.2 Å². The summed E-state index contributed by atoms with van der Waals surface area (Å²) in [5.74, 6) is -1.34. The van der Waals surface area contributed by atoms with Gasteiger partial charge in [-0.15, -0.1) is 11.8 Å². The van der Waals surface area contributed by atoms with E-state index < -0.39 is 30.1 Å². The maximum atomic E-state index is 13.6. The summed E-state index contributed by atoms with van der Waals surface area (Å²) in [5.41, 5.74) is 5.54. The number of carboxylic acids is 1. The lowest BCUT2D eigenvalue weighted by molar-refractivity contribution is -0.137. The molecule has 15 heteroatoms. The Morgan fingerprint density at radius 3 is 2.60 bits per heavy atom. The summed E-state index contributed by atoms with van der Waals surface area (Å²) in [6.07, 6.45) is 1.31. The Kier molecular flexibility index (Phi) is 10.6. The van der Waals surface area contributed by atoms with Crippen molar-refractivity contribution in [3.05, 3.63) is 34.4 Å². The van der Waals surface area contributed by atoms with Crippen LogP contribution in [-0.4, -0.2) is 69.8 Å². The van der Waals surface area contributed by atoms with E-state index in [1.807, 2.05) is 0 Å².